The molecule has 0 aliphatic heterocycles. The number of furan rings is 1. The fourth-order valence-electron chi connectivity index (χ4n) is 7.94. The molecular formula is C51H32N4O. The van der Waals surface area contributed by atoms with Crippen molar-refractivity contribution in [3.05, 3.63) is 194 Å². The Balaban J connectivity index is 1.10. The summed E-state index contributed by atoms with van der Waals surface area (Å²) in [4.78, 5) is 15.6. The maximum atomic E-state index is 6.18. The number of benzene rings is 8. The van der Waals surface area contributed by atoms with E-state index in [1.54, 1.807) is 0 Å². The molecule has 56 heavy (non-hydrogen) atoms. The van der Waals surface area contributed by atoms with Gasteiger partial charge in [-0.2, -0.15) is 0 Å². The second-order valence-electron chi connectivity index (χ2n) is 14.1. The summed E-state index contributed by atoms with van der Waals surface area (Å²) in [6.07, 6.45) is 0. The standard InChI is InChI=1S/C51H32N4O/c1-3-13-33(14-4-1)34-15-11-16-35(29-34)36-17-12-18-37(30-36)49-52-50(38-26-28-48-44(31-38)43-22-8-10-24-47(43)56-48)54-51(53-49)39-25-27-42-41-21-7-9-23-45(41)55(46(42)32-39)40-19-5-2-6-20-40/h1-32H. The fourth-order valence-corrected chi connectivity index (χ4v) is 7.94. The van der Waals surface area contributed by atoms with Gasteiger partial charge in [0.05, 0.1) is 11.0 Å². The average molecular weight is 717 g/mol. The summed E-state index contributed by atoms with van der Waals surface area (Å²) in [7, 11) is 0. The predicted molar refractivity (Wildman–Crippen MR) is 229 cm³/mol. The summed E-state index contributed by atoms with van der Waals surface area (Å²) in [6, 6.07) is 67.5. The zero-order chi connectivity index (χ0) is 37.0. The lowest BCUT2D eigenvalue weighted by Crippen LogP contribution is -2.00. The molecule has 0 atom stereocenters. The summed E-state index contributed by atoms with van der Waals surface area (Å²) in [5.41, 5.74) is 12.3. The Labute approximate surface area is 322 Å². The molecule has 3 heterocycles. The summed E-state index contributed by atoms with van der Waals surface area (Å²) >= 11 is 0. The first-order valence-corrected chi connectivity index (χ1v) is 18.8. The van der Waals surface area contributed by atoms with E-state index in [0.717, 1.165) is 66.5 Å². The highest BCUT2D eigenvalue weighted by Crippen LogP contribution is 2.37. The van der Waals surface area contributed by atoms with Gasteiger partial charge < -0.3 is 8.98 Å². The normalized spacial score (nSPS) is 11.6. The third-order valence-electron chi connectivity index (χ3n) is 10.6. The van der Waals surface area contributed by atoms with Crippen LogP contribution in [0, 0.1) is 0 Å². The van der Waals surface area contributed by atoms with E-state index in [4.69, 9.17) is 19.4 Å². The molecule has 0 N–H and O–H groups in total. The Morgan fingerprint density at radius 1 is 0.304 bits per heavy atom. The molecule has 0 saturated heterocycles. The van der Waals surface area contributed by atoms with Gasteiger partial charge in [0.15, 0.2) is 17.5 Å². The molecule has 262 valence electrons. The van der Waals surface area contributed by atoms with E-state index in [-0.39, 0.29) is 0 Å². The van der Waals surface area contributed by atoms with Crippen molar-refractivity contribution in [3.63, 3.8) is 0 Å². The quantitative estimate of drug-likeness (QED) is 0.172. The van der Waals surface area contributed by atoms with Crippen molar-refractivity contribution in [3.8, 4) is 62.1 Å². The zero-order valence-corrected chi connectivity index (χ0v) is 30.2. The highest BCUT2D eigenvalue weighted by atomic mass is 16.3. The lowest BCUT2D eigenvalue weighted by molar-refractivity contribution is 0.669. The predicted octanol–water partition coefficient (Wildman–Crippen LogP) is 13.2. The number of fused-ring (bicyclic) bond motifs is 6. The van der Waals surface area contributed by atoms with E-state index >= 15 is 0 Å². The van der Waals surface area contributed by atoms with Crippen LogP contribution in [0.25, 0.3) is 106 Å². The van der Waals surface area contributed by atoms with Gasteiger partial charge in [-0.1, -0.05) is 133 Å². The average Bonchev–Trinajstić information content (AvgIpc) is 3.82. The highest BCUT2D eigenvalue weighted by Gasteiger charge is 2.18. The van der Waals surface area contributed by atoms with E-state index < -0.39 is 0 Å². The van der Waals surface area contributed by atoms with Crippen molar-refractivity contribution in [1.82, 2.24) is 19.5 Å². The van der Waals surface area contributed by atoms with Crippen LogP contribution in [0.1, 0.15) is 0 Å². The maximum Gasteiger partial charge on any atom is 0.164 e. The third-order valence-corrected chi connectivity index (χ3v) is 10.6. The van der Waals surface area contributed by atoms with Gasteiger partial charge in [-0.15, -0.1) is 0 Å². The van der Waals surface area contributed by atoms with E-state index in [1.165, 1.54) is 21.9 Å². The first-order chi connectivity index (χ1) is 27.7. The minimum Gasteiger partial charge on any atom is -0.456 e. The van der Waals surface area contributed by atoms with E-state index in [0.29, 0.717) is 17.5 Å². The van der Waals surface area contributed by atoms with Crippen LogP contribution in [0.5, 0.6) is 0 Å². The number of nitrogens with zero attached hydrogens (tertiary/aromatic N) is 4. The van der Waals surface area contributed by atoms with Crippen LogP contribution in [0.4, 0.5) is 0 Å². The van der Waals surface area contributed by atoms with E-state index in [1.807, 2.05) is 36.4 Å². The molecule has 0 fully saturated rings. The lowest BCUT2D eigenvalue weighted by atomic mass is 9.98. The third kappa shape index (κ3) is 5.45. The molecule has 3 aromatic heterocycles. The molecule has 0 bridgehead atoms. The minimum atomic E-state index is 0.595. The Kier molecular flexibility index (Phi) is 7.42. The van der Waals surface area contributed by atoms with Crippen molar-refractivity contribution < 1.29 is 4.42 Å². The molecule has 11 rings (SSSR count). The molecule has 0 saturated carbocycles. The van der Waals surface area contributed by atoms with Crippen LogP contribution >= 0.6 is 0 Å². The SMILES string of the molecule is c1ccc(-c2cccc(-c3cccc(-c4nc(-c5ccc6oc7ccccc7c6c5)nc(-c5ccc6c7ccccc7n(-c7ccccc7)c6c5)n4)c3)c2)cc1. The minimum absolute atomic E-state index is 0.595. The van der Waals surface area contributed by atoms with Crippen LogP contribution in [0.15, 0.2) is 199 Å². The first-order valence-electron chi connectivity index (χ1n) is 18.8. The van der Waals surface area contributed by atoms with Crippen molar-refractivity contribution >= 4 is 43.7 Å². The van der Waals surface area contributed by atoms with Gasteiger partial charge >= 0.3 is 0 Å². The topological polar surface area (TPSA) is 56.7 Å². The summed E-state index contributed by atoms with van der Waals surface area (Å²) < 4.78 is 8.50. The first kappa shape index (κ1) is 31.9. The second kappa shape index (κ2) is 13.0. The molecule has 0 unspecified atom stereocenters. The van der Waals surface area contributed by atoms with E-state index in [9.17, 15) is 0 Å². The molecule has 0 radical (unpaired) electrons. The number of aromatic nitrogens is 4. The van der Waals surface area contributed by atoms with Crippen LogP contribution in [-0.4, -0.2) is 19.5 Å². The molecule has 0 aliphatic carbocycles. The van der Waals surface area contributed by atoms with Gasteiger partial charge in [-0.25, -0.2) is 15.0 Å². The van der Waals surface area contributed by atoms with Gasteiger partial charge in [0.2, 0.25) is 0 Å². The number of hydrogen-bond acceptors (Lipinski definition) is 4. The Bertz CT molecular complexity index is 3250. The van der Waals surface area contributed by atoms with Gasteiger partial charge in [0.25, 0.3) is 0 Å². The molecule has 0 amide bonds. The zero-order valence-electron chi connectivity index (χ0n) is 30.2. The molecule has 8 aromatic carbocycles. The molecule has 5 nitrogen and oxygen atoms in total. The molecule has 11 aromatic rings. The Morgan fingerprint density at radius 3 is 1.55 bits per heavy atom. The highest BCUT2D eigenvalue weighted by molar-refractivity contribution is 6.10. The summed E-state index contributed by atoms with van der Waals surface area (Å²) in [6.45, 7) is 0. The number of rotatable bonds is 6. The lowest BCUT2D eigenvalue weighted by Gasteiger charge is -2.11. The number of para-hydroxylation sites is 3. The van der Waals surface area contributed by atoms with Gasteiger partial charge in [0.1, 0.15) is 11.2 Å². The van der Waals surface area contributed by atoms with Gasteiger partial charge in [-0.05, 0) is 82.9 Å². The van der Waals surface area contributed by atoms with Crippen molar-refractivity contribution in [2.24, 2.45) is 0 Å². The van der Waals surface area contributed by atoms with Crippen LogP contribution in [0.3, 0.4) is 0 Å². The van der Waals surface area contributed by atoms with Gasteiger partial charge in [-0.3, -0.25) is 0 Å². The molecule has 5 heteroatoms. The van der Waals surface area contributed by atoms with Crippen LogP contribution in [0.2, 0.25) is 0 Å². The fraction of sp³-hybridized carbons (Fsp3) is 0. The molecule has 0 spiro atoms. The van der Waals surface area contributed by atoms with Crippen molar-refractivity contribution in [2.75, 3.05) is 0 Å². The van der Waals surface area contributed by atoms with Crippen molar-refractivity contribution in [1.29, 1.82) is 0 Å². The van der Waals surface area contributed by atoms with Crippen LogP contribution in [-0.2, 0) is 0 Å². The summed E-state index contributed by atoms with van der Waals surface area (Å²) in [5.74, 6) is 1.80. The van der Waals surface area contributed by atoms with Crippen LogP contribution < -0.4 is 0 Å². The molecular weight excluding hydrogens is 685 g/mol. The van der Waals surface area contributed by atoms with E-state index in [2.05, 4.69) is 162 Å². The Hall–Kier alpha value is -7.63. The van der Waals surface area contributed by atoms with Gasteiger partial charge in [0, 0.05) is 43.9 Å². The maximum absolute atomic E-state index is 6.18. The smallest absolute Gasteiger partial charge is 0.164 e. The largest absolute Gasteiger partial charge is 0.456 e. The second-order valence-corrected chi connectivity index (χ2v) is 14.1. The monoisotopic (exact) mass is 716 g/mol. The Morgan fingerprint density at radius 2 is 0.804 bits per heavy atom. The summed E-state index contributed by atoms with van der Waals surface area (Å²) in [5, 5.41) is 4.45. The number of hydrogen-bond donors (Lipinski definition) is 0. The van der Waals surface area contributed by atoms with Crippen molar-refractivity contribution in [2.45, 2.75) is 0 Å². The molecule has 0 aliphatic rings.